The summed E-state index contributed by atoms with van der Waals surface area (Å²) in [4.78, 5) is 31.3. The maximum Gasteiger partial charge on any atom is 0.236 e. The molecule has 28 heavy (non-hydrogen) atoms. The molecular weight excluding hydrogens is 399 g/mol. The van der Waals surface area contributed by atoms with E-state index < -0.39 is 0 Å². The summed E-state index contributed by atoms with van der Waals surface area (Å²) in [6.45, 7) is 9.84. The monoisotopic (exact) mass is 438 g/mol. The average molecular weight is 439 g/mol. The molecule has 8 heteroatoms. The molecule has 2 rings (SSSR count). The summed E-state index contributed by atoms with van der Waals surface area (Å²) in [5.41, 5.74) is 6.09. The fraction of sp³-hybridized carbons (Fsp3) is 0.900. The molecule has 1 saturated carbocycles. The summed E-state index contributed by atoms with van der Waals surface area (Å²) < 4.78 is 0. The summed E-state index contributed by atoms with van der Waals surface area (Å²) in [6.07, 6.45) is 7.39. The van der Waals surface area contributed by atoms with Crippen molar-refractivity contribution in [3.63, 3.8) is 0 Å². The van der Waals surface area contributed by atoms with Crippen molar-refractivity contribution in [3.8, 4) is 0 Å². The zero-order valence-electron chi connectivity index (χ0n) is 17.7. The minimum atomic E-state index is 0. The normalized spacial score (nSPS) is 19.8. The van der Waals surface area contributed by atoms with Crippen molar-refractivity contribution in [2.45, 2.75) is 58.8 Å². The second-order valence-corrected chi connectivity index (χ2v) is 8.02. The first-order chi connectivity index (χ1) is 12.5. The first kappa shape index (κ1) is 27.4. The van der Waals surface area contributed by atoms with E-state index in [1.165, 1.54) is 19.3 Å². The van der Waals surface area contributed by atoms with Crippen LogP contribution in [0.15, 0.2) is 0 Å². The lowest BCUT2D eigenvalue weighted by Crippen LogP contribution is -2.43. The van der Waals surface area contributed by atoms with Crippen LogP contribution in [0.25, 0.3) is 0 Å². The van der Waals surface area contributed by atoms with Crippen LogP contribution in [0.1, 0.15) is 58.8 Å². The maximum atomic E-state index is 12.9. The third-order valence-corrected chi connectivity index (χ3v) is 6.29. The Kier molecular flexibility index (Phi) is 13.4. The van der Waals surface area contributed by atoms with E-state index in [9.17, 15) is 9.59 Å². The molecule has 1 saturated heterocycles. The Labute approximate surface area is 183 Å². The van der Waals surface area contributed by atoms with Crippen molar-refractivity contribution in [3.05, 3.63) is 0 Å². The number of nitrogens with two attached hydrogens (primary N) is 1. The Bertz CT molecular complexity index is 469. The molecule has 2 fully saturated rings. The molecular formula is C20H40Cl2N4O2. The van der Waals surface area contributed by atoms with Gasteiger partial charge in [0.2, 0.25) is 11.8 Å². The number of hydrogen-bond acceptors (Lipinski definition) is 4. The van der Waals surface area contributed by atoms with E-state index in [1.54, 1.807) is 0 Å². The maximum absolute atomic E-state index is 12.9. The van der Waals surface area contributed by atoms with Gasteiger partial charge in [-0.2, -0.15) is 0 Å². The Morgan fingerprint density at radius 2 is 1.57 bits per heavy atom. The summed E-state index contributed by atoms with van der Waals surface area (Å²) in [6, 6.07) is 0. The molecule has 0 atom stereocenters. The van der Waals surface area contributed by atoms with Crippen LogP contribution in [-0.4, -0.2) is 78.9 Å². The number of likely N-dealkylation sites (N-methyl/N-ethyl adjacent to an activating group) is 1. The highest BCUT2D eigenvalue weighted by Crippen LogP contribution is 2.38. The van der Waals surface area contributed by atoms with Gasteiger partial charge in [-0.1, -0.05) is 19.3 Å². The summed E-state index contributed by atoms with van der Waals surface area (Å²) >= 11 is 0. The molecule has 0 bridgehead atoms. The molecule has 0 radical (unpaired) electrons. The van der Waals surface area contributed by atoms with E-state index in [4.69, 9.17) is 5.73 Å². The number of amides is 2. The van der Waals surface area contributed by atoms with E-state index in [1.807, 2.05) is 23.6 Å². The van der Waals surface area contributed by atoms with Crippen LogP contribution in [0.4, 0.5) is 0 Å². The third kappa shape index (κ3) is 7.69. The number of hydrogen-bond donors (Lipinski definition) is 1. The van der Waals surface area contributed by atoms with Crippen LogP contribution in [0, 0.1) is 5.41 Å². The highest BCUT2D eigenvalue weighted by atomic mass is 35.5. The Morgan fingerprint density at radius 3 is 2.14 bits per heavy atom. The molecule has 6 nitrogen and oxygen atoms in total. The van der Waals surface area contributed by atoms with Crippen molar-refractivity contribution in [1.82, 2.24) is 14.7 Å². The van der Waals surface area contributed by atoms with Gasteiger partial charge in [0, 0.05) is 45.7 Å². The molecule has 0 aromatic heterocycles. The number of nitrogens with zero attached hydrogens (tertiary/aromatic N) is 3. The van der Waals surface area contributed by atoms with Crippen molar-refractivity contribution in [2.24, 2.45) is 11.1 Å². The number of rotatable bonds is 7. The van der Waals surface area contributed by atoms with Gasteiger partial charge in [0.15, 0.2) is 0 Å². The van der Waals surface area contributed by atoms with E-state index >= 15 is 0 Å². The standard InChI is InChI=1S/C20H38N4O2.2ClH/c1-3-23(4-2)19(26)16-22-11-8-12-24(14-13-22)18(25)15-20(17-21)9-6-5-7-10-20;;/h3-17,21H2,1-2H3;2*1H. The summed E-state index contributed by atoms with van der Waals surface area (Å²) in [5.74, 6) is 0.452. The molecule has 1 aliphatic heterocycles. The van der Waals surface area contributed by atoms with Crippen LogP contribution in [-0.2, 0) is 9.59 Å². The molecule has 2 amide bonds. The third-order valence-electron chi connectivity index (χ3n) is 6.29. The van der Waals surface area contributed by atoms with Crippen LogP contribution >= 0.6 is 24.8 Å². The molecule has 0 aromatic carbocycles. The van der Waals surface area contributed by atoms with Gasteiger partial charge in [0.05, 0.1) is 6.54 Å². The van der Waals surface area contributed by atoms with Crippen molar-refractivity contribution >= 4 is 36.6 Å². The lowest BCUT2D eigenvalue weighted by molar-refractivity contribution is -0.134. The molecule has 1 aliphatic carbocycles. The van der Waals surface area contributed by atoms with Crippen molar-refractivity contribution in [1.29, 1.82) is 0 Å². The topological polar surface area (TPSA) is 69.9 Å². The molecule has 2 aliphatic rings. The fourth-order valence-corrected chi connectivity index (χ4v) is 4.43. The summed E-state index contributed by atoms with van der Waals surface area (Å²) in [5, 5.41) is 0. The minimum absolute atomic E-state index is 0. The van der Waals surface area contributed by atoms with E-state index in [0.29, 0.717) is 19.5 Å². The SMILES string of the molecule is CCN(CC)C(=O)CN1CCCN(C(=O)CC2(CN)CCCCC2)CC1.Cl.Cl. The van der Waals surface area contributed by atoms with Crippen LogP contribution in [0.5, 0.6) is 0 Å². The molecule has 0 spiro atoms. The van der Waals surface area contributed by atoms with Crippen LogP contribution < -0.4 is 5.73 Å². The fourth-order valence-electron chi connectivity index (χ4n) is 4.43. The van der Waals surface area contributed by atoms with Crippen molar-refractivity contribution < 1.29 is 9.59 Å². The second-order valence-electron chi connectivity index (χ2n) is 8.02. The largest absolute Gasteiger partial charge is 0.342 e. The van der Waals surface area contributed by atoms with Gasteiger partial charge < -0.3 is 15.5 Å². The van der Waals surface area contributed by atoms with Crippen LogP contribution in [0.2, 0.25) is 0 Å². The predicted molar refractivity (Wildman–Crippen MR) is 119 cm³/mol. The van der Waals surface area contributed by atoms with Gasteiger partial charge >= 0.3 is 0 Å². The number of halogens is 2. The Morgan fingerprint density at radius 1 is 0.929 bits per heavy atom. The van der Waals surface area contributed by atoms with Gasteiger partial charge in [-0.3, -0.25) is 14.5 Å². The van der Waals surface area contributed by atoms with Gasteiger partial charge in [0.25, 0.3) is 0 Å². The Balaban J connectivity index is 0.00000364. The van der Waals surface area contributed by atoms with Gasteiger partial charge in [-0.25, -0.2) is 0 Å². The van der Waals surface area contributed by atoms with Crippen LogP contribution in [0.3, 0.4) is 0 Å². The van der Waals surface area contributed by atoms with E-state index in [2.05, 4.69) is 4.90 Å². The highest BCUT2D eigenvalue weighted by Gasteiger charge is 2.34. The first-order valence-electron chi connectivity index (χ1n) is 10.5. The first-order valence-corrected chi connectivity index (χ1v) is 10.5. The number of carbonyl (C=O) groups excluding carboxylic acids is 2. The van der Waals surface area contributed by atoms with Crippen molar-refractivity contribution in [2.75, 3.05) is 52.4 Å². The van der Waals surface area contributed by atoms with Gasteiger partial charge in [-0.15, -0.1) is 24.8 Å². The molecule has 2 N–H and O–H groups in total. The Hall–Kier alpha value is -0.560. The van der Waals surface area contributed by atoms with Gasteiger partial charge in [0.1, 0.15) is 0 Å². The molecule has 1 heterocycles. The van der Waals surface area contributed by atoms with E-state index in [-0.39, 0.29) is 42.0 Å². The smallest absolute Gasteiger partial charge is 0.236 e. The van der Waals surface area contributed by atoms with Gasteiger partial charge in [-0.05, 0) is 45.1 Å². The summed E-state index contributed by atoms with van der Waals surface area (Å²) in [7, 11) is 0. The lowest BCUT2D eigenvalue weighted by atomic mass is 9.71. The minimum Gasteiger partial charge on any atom is -0.342 e. The quantitative estimate of drug-likeness (QED) is 0.662. The zero-order valence-corrected chi connectivity index (χ0v) is 19.3. The molecule has 0 aromatic rings. The zero-order chi connectivity index (χ0) is 19.0. The van der Waals surface area contributed by atoms with E-state index in [0.717, 1.165) is 58.5 Å². The lowest BCUT2D eigenvalue weighted by Gasteiger charge is -2.37. The average Bonchev–Trinajstić information content (AvgIpc) is 2.89. The molecule has 0 unspecified atom stereocenters. The predicted octanol–water partition coefficient (Wildman–Crippen LogP) is 2.53. The molecule has 166 valence electrons. The second kappa shape index (κ2) is 13.6. The number of carbonyl (C=O) groups is 2. The highest BCUT2D eigenvalue weighted by molar-refractivity contribution is 5.85.